The summed E-state index contributed by atoms with van der Waals surface area (Å²) in [5, 5.41) is 3.03. The highest BCUT2D eigenvalue weighted by atomic mass is 35.5. The molecule has 1 aliphatic rings. The van der Waals surface area contributed by atoms with Gasteiger partial charge in [-0.15, -0.1) is 0 Å². The predicted octanol–water partition coefficient (Wildman–Crippen LogP) is 3.73. The zero-order valence-corrected chi connectivity index (χ0v) is 15.5. The van der Waals surface area contributed by atoms with E-state index in [0.29, 0.717) is 28.4 Å². The van der Waals surface area contributed by atoms with Crippen LogP contribution in [-0.4, -0.2) is 31.6 Å². The van der Waals surface area contributed by atoms with E-state index in [-0.39, 0.29) is 29.5 Å². The van der Waals surface area contributed by atoms with E-state index in [9.17, 15) is 9.59 Å². The van der Waals surface area contributed by atoms with Gasteiger partial charge in [0.2, 0.25) is 5.91 Å². The van der Waals surface area contributed by atoms with Crippen LogP contribution in [0.2, 0.25) is 5.02 Å². The van der Waals surface area contributed by atoms with Crippen LogP contribution in [0.3, 0.4) is 0 Å². The van der Waals surface area contributed by atoms with E-state index >= 15 is 0 Å². The second kappa shape index (κ2) is 7.25. The van der Waals surface area contributed by atoms with Gasteiger partial charge in [-0.05, 0) is 38.1 Å². The molecule has 1 heterocycles. The monoisotopic (exact) mass is 374 g/mol. The first-order valence-corrected chi connectivity index (χ1v) is 8.53. The van der Waals surface area contributed by atoms with Gasteiger partial charge in [0, 0.05) is 5.56 Å². The van der Waals surface area contributed by atoms with Gasteiger partial charge in [-0.3, -0.25) is 14.5 Å². The molecule has 6 nitrogen and oxygen atoms in total. The molecular formula is C19H19ClN2O4. The number of ether oxygens (including phenoxy) is 2. The van der Waals surface area contributed by atoms with E-state index in [1.165, 1.54) is 18.1 Å². The molecule has 0 bridgehead atoms. The van der Waals surface area contributed by atoms with Crippen LogP contribution in [0.5, 0.6) is 11.5 Å². The van der Waals surface area contributed by atoms with Crippen molar-refractivity contribution in [1.29, 1.82) is 0 Å². The largest absolute Gasteiger partial charge is 0.493 e. The van der Waals surface area contributed by atoms with Crippen molar-refractivity contribution in [2.24, 2.45) is 0 Å². The van der Waals surface area contributed by atoms with E-state index < -0.39 is 0 Å². The third-order valence-corrected chi connectivity index (χ3v) is 4.13. The van der Waals surface area contributed by atoms with Crippen LogP contribution in [0.1, 0.15) is 24.2 Å². The van der Waals surface area contributed by atoms with Crippen LogP contribution in [0.4, 0.5) is 11.4 Å². The number of benzene rings is 2. The predicted molar refractivity (Wildman–Crippen MR) is 101 cm³/mol. The Bertz CT molecular complexity index is 867. The van der Waals surface area contributed by atoms with Crippen molar-refractivity contribution in [2.75, 3.05) is 23.9 Å². The Kier molecular flexibility index (Phi) is 5.04. The van der Waals surface area contributed by atoms with Crippen molar-refractivity contribution in [3.8, 4) is 11.5 Å². The highest BCUT2D eigenvalue weighted by Gasteiger charge is 2.28. The van der Waals surface area contributed by atoms with Crippen LogP contribution >= 0.6 is 11.6 Å². The van der Waals surface area contributed by atoms with Crippen molar-refractivity contribution in [2.45, 2.75) is 20.0 Å². The second-order valence-corrected chi connectivity index (χ2v) is 6.52. The molecule has 0 spiro atoms. The zero-order chi connectivity index (χ0) is 18.8. The Morgan fingerprint density at radius 1 is 1.27 bits per heavy atom. The third-order valence-electron chi connectivity index (χ3n) is 3.85. The van der Waals surface area contributed by atoms with Gasteiger partial charge in [-0.25, -0.2) is 0 Å². The second-order valence-electron chi connectivity index (χ2n) is 6.11. The average Bonchev–Trinajstić information content (AvgIpc) is 2.61. The molecule has 0 fully saturated rings. The van der Waals surface area contributed by atoms with E-state index in [0.717, 1.165) is 0 Å². The maximum absolute atomic E-state index is 13.1. The number of carbonyl (C=O) groups is 2. The minimum atomic E-state index is -0.344. The molecule has 0 atom stereocenters. The molecule has 0 aliphatic carbocycles. The summed E-state index contributed by atoms with van der Waals surface area (Å²) >= 11 is 6.31. The van der Waals surface area contributed by atoms with Crippen LogP contribution in [0.15, 0.2) is 36.4 Å². The number of rotatable bonds is 4. The summed E-state index contributed by atoms with van der Waals surface area (Å²) in [5.41, 5.74) is 1.54. The molecule has 2 aromatic rings. The first-order valence-electron chi connectivity index (χ1n) is 8.15. The lowest BCUT2D eigenvalue weighted by Gasteiger charge is -2.29. The number of methoxy groups -OCH3 is 1. The van der Waals surface area contributed by atoms with Crippen LogP contribution < -0.4 is 19.7 Å². The fraction of sp³-hybridized carbons (Fsp3) is 0.263. The van der Waals surface area contributed by atoms with Gasteiger partial charge < -0.3 is 14.8 Å². The van der Waals surface area contributed by atoms with Gasteiger partial charge in [0.1, 0.15) is 6.54 Å². The molecule has 1 N–H and O–H groups in total. The van der Waals surface area contributed by atoms with Crippen molar-refractivity contribution < 1.29 is 19.1 Å². The van der Waals surface area contributed by atoms with Gasteiger partial charge in [-0.1, -0.05) is 23.7 Å². The van der Waals surface area contributed by atoms with Crippen molar-refractivity contribution in [3.63, 3.8) is 0 Å². The summed E-state index contributed by atoms with van der Waals surface area (Å²) < 4.78 is 11.0. The molecule has 3 rings (SSSR count). The molecule has 2 amide bonds. The standard InChI is InChI=1S/C19H19ClN2O4/c1-11(2)26-18-13(20)8-12(9-16(18)25-3)19(24)22-10-17(23)21-14-6-4-5-7-15(14)22/h4-9,11H,10H2,1-3H3,(H,21,23). The van der Waals surface area contributed by atoms with Crippen LogP contribution in [0.25, 0.3) is 0 Å². The number of fused-ring (bicyclic) bond motifs is 1. The van der Waals surface area contributed by atoms with E-state index in [2.05, 4.69) is 5.32 Å². The Morgan fingerprint density at radius 2 is 2.00 bits per heavy atom. The third kappa shape index (κ3) is 3.46. The van der Waals surface area contributed by atoms with Gasteiger partial charge in [-0.2, -0.15) is 0 Å². The number of carbonyl (C=O) groups excluding carboxylic acids is 2. The quantitative estimate of drug-likeness (QED) is 0.885. The Labute approximate surface area is 156 Å². The minimum absolute atomic E-state index is 0.0694. The fourth-order valence-electron chi connectivity index (χ4n) is 2.76. The maximum atomic E-state index is 13.1. The average molecular weight is 375 g/mol. The summed E-state index contributed by atoms with van der Waals surface area (Å²) in [6, 6.07) is 10.2. The van der Waals surface area contributed by atoms with Gasteiger partial charge in [0.25, 0.3) is 5.91 Å². The summed E-state index contributed by atoms with van der Waals surface area (Å²) in [6.07, 6.45) is -0.0966. The van der Waals surface area contributed by atoms with Gasteiger partial charge >= 0.3 is 0 Å². The first kappa shape index (κ1) is 18.1. The van der Waals surface area contributed by atoms with Crippen molar-refractivity contribution in [1.82, 2.24) is 0 Å². The Balaban J connectivity index is 2.01. The maximum Gasteiger partial charge on any atom is 0.259 e. The number of para-hydroxylation sites is 2. The van der Waals surface area contributed by atoms with Crippen molar-refractivity contribution in [3.05, 3.63) is 47.0 Å². The van der Waals surface area contributed by atoms with E-state index in [4.69, 9.17) is 21.1 Å². The highest BCUT2D eigenvalue weighted by Crippen LogP contribution is 2.38. The summed E-state index contributed by atoms with van der Waals surface area (Å²) in [6.45, 7) is 3.68. The first-order chi connectivity index (χ1) is 12.4. The summed E-state index contributed by atoms with van der Waals surface area (Å²) in [5.74, 6) is 0.153. The van der Waals surface area contributed by atoms with Gasteiger partial charge in [0.15, 0.2) is 11.5 Å². The molecule has 26 heavy (non-hydrogen) atoms. The minimum Gasteiger partial charge on any atom is -0.493 e. The van der Waals surface area contributed by atoms with Crippen molar-refractivity contribution >= 4 is 34.8 Å². The smallest absolute Gasteiger partial charge is 0.259 e. The Hall–Kier alpha value is -2.73. The SMILES string of the molecule is COc1cc(C(=O)N2CC(=O)Nc3ccccc32)cc(Cl)c1OC(C)C. The lowest BCUT2D eigenvalue weighted by atomic mass is 10.1. The highest BCUT2D eigenvalue weighted by molar-refractivity contribution is 6.33. The lowest BCUT2D eigenvalue weighted by molar-refractivity contribution is -0.115. The number of halogens is 1. The number of nitrogens with zero attached hydrogens (tertiary/aromatic N) is 1. The number of hydrogen-bond donors (Lipinski definition) is 1. The van der Waals surface area contributed by atoms with Gasteiger partial charge in [0.05, 0.1) is 29.6 Å². The summed E-state index contributed by atoms with van der Waals surface area (Å²) in [4.78, 5) is 26.4. The lowest BCUT2D eigenvalue weighted by Crippen LogP contribution is -2.42. The Morgan fingerprint density at radius 3 is 2.69 bits per heavy atom. The molecule has 1 aliphatic heterocycles. The molecule has 2 aromatic carbocycles. The van der Waals surface area contributed by atoms with E-state index in [1.54, 1.807) is 24.3 Å². The molecule has 0 saturated carbocycles. The molecule has 0 aromatic heterocycles. The number of anilines is 2. The normalized spacial score (nSPS) is 13.3. The molecule has 136 valence electrons. The fourth-order valence-corrected chi connectivity index (χ4v) is 3.02. The van der Waals surface area contributed by atoms with E-state index in [1.807, 2.05) is 19.9 Å². The number of amides is 2. The van der Waals surface area contributed by atoms with Crippen LogP contribution in [-0.2, 0) is 4.79 Å². The summed E-state index contributed by atoms with van der Waals surface area (Å²) in [7, 11) is 1.48. The number of hydrogen-bond acceptors (Lipinski definition) is 4. The molecule has 0 radical (unpaired) electrons. The molecular weight excluding hydrogens is 356 g/mol. The molecule has 0 saturated heterocycles. The van der Waals surface area contributed by atoms with Crippen LogP contribution in [0, 0.1) is 0 Å². The number of nitrogens with one attached hydrogen (secondary N) is 1. The zero-order valence-electron chi connectivity index (χ0n) is 14.7. The molecule has 0 unspecified atom stereocenters. The topological polar surface area (TPSA) is 67.9 Å². The molecule has 7 heteroatoms.